The first-order chi connectivity index (χ1) is 13.7. The van der Waals surface area contributed by atoms with E-state index < -0.39 is 0 Å². The van der Waals surface area contributed by atoms with Crippen molar-refractivity contribution >= 4 is 5.96 Å². The molecule has 1 aliphatic rings. The Balaban J connectivity index is 1.68. The highest BCUT2D eigenvalue weighted by Gasteiger charge is 2.23. The average Bonchev–Trinajstić information content (AvgIpc) is 3.38. The van der Waals surface area contributed by atoms with Crippen LogP contribution in [0.1, 0.15) is 36.9 Å². The number of ether oxygens (including phenoxy) is 1. The largest absolute Gasteiger partial charge is 0.497 e. The number of hydrogen-bond acceptors (Lipinski definition) is 4. The van der Waals surface area contributed by atoms with E-state index in [1.54, 1.807) is 11.8 Å². The molecule has 7 nitrogen and oxygen atoms in total. The zero-order valence-corrected chi connectivity index (χ0v) is 17.2. The molecule has 1 unspecified atom stereocenters. The molecular formula is C21H32N6O. The third kappa shape index (κ3) is 5.48. The summed E-state index contributed by atoms with van der Waals surface area (Å²) in [5, 5.41) is 11.1. The Morgan fingerprint density at radius 2 is 1.96 bits per heavy atom. The molecule has 0 saturated carbocycles. The van der Waals surface area contributed by atoms with Gasteiger partial charge in [0.05, 0.1) is 25.9 Å². The first kappa shape index (κ1) is 20.2. The molecule has 2 aromatic rings. The Morgan fingerprint density at radius 1 is 1.21 bits per heavy atom. The molecule has 7 heteroatoms. The van der Waals surface area contributed by atoms with Gasteiger partial charge in [-0.3, -0.25) is 9.58 Å². The summed E-state index contributed by atoms with van der Waals surface area (Å²) in [5.74, 6) is 1.73. The fraction of sp³-hybridized carbons (Fsp3) is 0.524. The highest BCUT2D eigenvalue weighted by atomic mass is 16.5. The summed E-state index contributed by atoms with van der Waals surface area (Å²) < 4.78 is 7.12. The Bertz CT molecular complexity index is 749. The third-order valence-electron chi connectivity index (χ3n) is 5.07. The number of nitrogens with zero attached hydrogens (tertiary/aromatic N) is 4. The van der Waals surface area contributed by atoms with Gasteiger partial charge in [0, 0.05) is 31.9 Å². The van der Waals surface area contributed by atoms with Crippen LogP contribution in [0.4, 0.5) is 0 Å². The van der Waals surface area contributed by atoms with E-state index in [0.29, 0.717) is 12.6 Å². The Labute approximate surface area is 167 Å². The Morgan fingerprint density at radius 3 is 2.57 bits per heavy atom. The molecule has 152 valence electrons. The van der Waals surface area contributed by atoms with Crippen LogP contribution in [-0.2, 0) is 13.6 Å². The summed E-state index contributed by atoms with van der Waals surface area (Å²) >= 11 is 0. The summed E-state index contributed by atoms with van der Waals surface area (Å²) in [6.07, 6.45) is 6.39. The lowest BCUT2D eigenvalue weighted by Gasteiger charge is -2.29. The minimum absolute atomic E-state index is 0.315. The Kier molecular flexibility index (Phi) is 7.31. The van der Waals surface area contributed by atoms with Gasteiger partial charge in [0.1, 0.15) is 5.75 Å². The first-order valence-electron chi connectivity index (χ1n) is 10.1. The molecule has 1 aromatic heterocycles. The molecule has 2 heterocycles. The molecule has 0 amide bonds. The summed E-state index contributed by atoms with van der Waals surface area (Å²) in [4.78, 5) is 7.27. The molecule has 0 spiro atoms. The van der Waals surface area contributed by atoms with Gasteiger partial charge in [0.25, 0.3) is 0 Å². The van der Waals surface area contributed by atoms with Crippen molar-refractivity contribution in [3.63, 3.8) is 0 Å². The average molecular weight is 385 g/mol. The van der Waals surface area contributed by atoms with Crippen LogP contribution < -0.4 is 15.4 Å². The summed E-state index contributed by atoms with van der Waals surface area (Å²) in [6.45, 7) is 6.62. The van der Waals surface area contributed by atoms with Crippen molar-refractivity contribution in [3.05, 3.63) is 47.8 Å². The van der Waals surface area contributed by atoms with Gasteiger partial charge in [0.15, 0.2) is 5.96 Å². The van der Waals surface area contributed by atoms with Gasteiger partial charge in [-0.1, -0.05) is 12.1 Å². The fourth-order valence-corrected chi connectivity index (χ4v) is 3.60. The number of likely N-dealkylation sites (tertiary alicyclic amines) is 1. The number of aromatic nitrogens is 2. The van der Waals surface area contributed by atoms with Gasteiger partial charge >= 0.3 is 0 Å². The number of aryl methyl sites for hydroxylation is 1. The number of methoxy groups -OCH3 is 1. The highest BCUT2D eigenvalue weighted by molar-refractivity contribution is 5.79. The number of hydrogen-bond donors (Lipinski definition) is 2. The van der Waals surface area contributed by atoms with Crippen LogP contribution >= 0.6 is 0 Å². The monoisotopic (exact) mass is 384 g/mol. The quantitative estimate of drug-likeness (QED) is 0.540. The standard InChI is InChI=1S/C21H32N6O/c1-4-22-21(23-13-17-14-25-26(2)16-17)24-15-20(27-11-5-6-12-27)18-7-9-19(28-3)10-8-18/h7-10,14,16,20H,4-6,11-13,15H2,1-3H3,(H2,22,23,24). The molecule has 0 bridgehead atoms. The molecular weight excluding hydrogens is 352 g/mol. The van der Waals surface area contributed by atoms with Crippen molar-refractivity contribution in [2.45, 2.75) is 32.4 Å². The number of benzene rings is 1. The summed E-state index contributed by atoms with van der Waals surface area (Å²) in [5.41, 5.74) is 2.41. The van der Waals surface area contributed by atoms with Crippen LogP contribution in [0.3, 0.4) is 0 Å². The van der Waals surface area contributed by atoms with E-state index in [2.05, 4.69) is 39.7 Å². The van der Waals surface area contributed by atoms with Crippen molar-refractivity contribution in [2.75, 3.05) is 33.3 Å². The number of rotatable bonds is 8. The van der Waals surface area contributed by atoms with E-state index >= 15 is 0 Å². The number of guanidine groups is 1. The van der Waals surface area contributed by atoms with Crippen LogP contribution in [0.15, 0.2) is 41.7 Å². The molecule has 2 N–H and O–H groups in total. The lowest BCUT2D eigenvalue weighted by atomic mass is 10.1. The molecule has 1 aliphatic heterocycles. The SMILES string of the molecule is CCNC(=NCc1cnn(C)c1)NCC(c1ccc(OC)cc1)N1CCCC1. The molecule has 0 radical (unpaired) electrons. The second kappa shape index (κ2) is 10.1. The molecule has 1 fully saturated rings. The molecule has 28 heavy (non-hydrogen) atoms. The van der Waals surface area contributed by atoms with E-state index in [-0.39, 0.29) is 0 Å². The van der Waals surface area contributed by atoms with Gasteiger partial charge < -0.3 is 15.4 Å². The second-order valence-electron chi connectivity index (χ2n) is 7.13. The van der Waals surface area contributed by atoms with Gasteiger partial charge in [-0.2, -0.15) is 5.10 Å². The van der Waals surface area contributed by atoms with Crippen molar-refractivity contribution in [1.82, 2.24) is 25.3 Å². The normalized spacial score (nSPS) is 16.2. The van der Waals surface area contributed by atoms with Crippen molar-refractivity contribution in [2.24, 2.45) is 12.0 Å². The van der Waals surface area contributed by atoms with Gasteiger partial charge in [-0.05, 0) is 50.6 Å². The zero-order chi connectivity index (χ0) is 19.8. The smallest absolute Gasteiger partial charge is 0.191 e. The van der Waals surface area contributed by atoms with E-state index in [0.717, 1.165) is 43.5 Å². The maximum Gasteiger partial charge on any atom is 0.191 e. The predicted octanol–water partition coefficient (Wildman–Crippen LogP) is 2.32. The summed E-state index contributed by atoms with van der Waals surface area (Å²) in [7, 11) is 3.63. The minimum Gasteiger partial charge on any atom is -0.497 e. The fourth-order valence-electron chi connectivity index (χ4n) is 3.60. The highest BCUT2D eigenvalue weighted by Crippen LogP contribution is 2.26. The van der Waals surface area contributed by atoms with Crippen LogP contribution in [0.2, 0.25) is 0 Å². The third-order valence-corrected chi connectivity index (χ3v) is 5.07. The summed E-state index contributed by atoms with van der Waals surface area (Å²) in [6, 6.07) is 8.74. The van der Waals surface area contributed by atoms with Gasteiger partial charge in [-0.15, -0.1) is 0 Å². The molecule has 1 saturated heterocycles. The number of nitrogens with one attached hydrogen (secondary N) is 2. The number of aliphatic imine (C=N–C) groups is 1. The van der Waals surface area contributed by atoms with Crippen LogP contribution in [0.25, 0.3) is 0 Å². The van der Waals surface area contributed by atoms with Crippen molar-refractivity contribution in [1.29, 1.82) is 0 Å². The second-order valence-corrected chi connectivity index (χ2v) is 7.13. The molecule has 0 aliphatic carbocycles. The van der Waals surface area contributed by atoms with Crippen LogP contribution in [0, 0.1) is 0 Å². The van der Waals surface area contributed by atoms with E-state index in [1.807, 2.05) is 31.6 Å². The maximum absolute atomic E-state index is 5.32. The minimum atomic E-state index is 0.315. The van der Waals surface area contributed by atoms with E-state index in [1.165, 1.54) is 18.4 Å². The maximum atomic E-state index is 5.32. The van der Waals surface area contributed by atoms with E-state index in [9.17, 15) is 0 Å². The van der Waals surface area contributed by atoms with Crippen LogP contribution in [-0.4, -0.2) is 53.9 Å². The van der Waals surface area contributed by atoms with Crippen molar-refractivity contribution < 1.29 is 4.74 Å². The molecule has 1 atom stereocenters. The lowest BCUT2D eigenvalue weighted by molar-refractivity contribution is 0.245. The van der Waals surface area contributed by atoms with Gasteiger partial charge in [-0.25, -0.2) is 4.99 Å². The molecule has 1 aromatic carbocycles. The van der Waals surface area contributed by atoms with Gasteiger partial charge in [0.2, 0.25) is 0 Å². The van der Waals surface area contributed by atoms with Crippen molar-refractivity contribution in [3.8, 4) is 5.75 Å². The predicted molar refractivity (Wildman–Crippen MR) is 113 cm³/mol. The first-order valence-corrected chi connectivity index (χ1v) is 10.1. The lowest BCUT2D eigenvalue weighted by Crippen LogP contribution is -2.42. The van der Waals surface area contributed by atoms with Crippen LogP contribution in [0.5, 0.6) is 5.75 Å². The zero-order valence-electron chi connectivity index (χ0n) is 17.2. The molecule has 3 rings (SSSR count). The van der Waals surface area contributed by atoms with E-state index in [4.69, 9.17) is 9.73 Å². The topological polar surface area (TPSA) is 66.7 Å². The Hall–Kier alpha value is -2.54.